The maximum absolute atomic E-state index is 12.0. The smallest absolute Gasteiger partial charge is 0.143 e. The molecule has 3 atom stereocenters. The summed E-state index contributed by atoms with van der Waals surface area (Å²) in [5.41, 5.74) is 0. The molecular formula is C15H24O2. The van der Waals surface area contributed by atoms with Gasteiger partial charge in [0.15, 0.2) is 0 Å². The molecular weight excluding hydrogens is 212 g/mol. The van der Waals surface area contributed by atoms with Crippen LogP contribution in [0.4, 0.5) is 0 Å². The molecule has 2 fully saturated rings. The molecule has 96 valence electrons. The summed E-state index contributed by atoms with van der Waals surface area (Å²) in [5, 5.41) is 0. The van der Waals surface area contributed by atoms with E-state index in [9.17, 15) is 9.59 Å². The van der Waals surface area contributed by atoms with Crippen LogP contribution in [-0.4, -0.2) is 11.6 Å². The minimum atomic E-state index is 0.112. The van der Waals surface area contributed by atoms with Crippen LogP contribution in [0.2, 0.25) is 0 Å². The van der Waals surface area contributed by atoms with E-state index in [1.807, 2.05) is 6.92 Å². The van der Waals surface area contributed by atoms with Gasteiger partial charge in [-0.2, -0.15) is 0 Å². The Morgan fingerprint density at radius 1 is 1.00 bits per heavy atom. The van der Waals surface area contributed by atoms with Crippen molar-refractivity contribution in [1.82, 2.24) is 0 Å². The van der Waals surface area contributed by atoms with Crippen LogP contribution in [0.5, 0.6) is 0 Å². The number of hydrogen-bond acceptors (Lipinski definition) is 2. The lowest BCUT2D eigenvalue weighted by atomic mass is 9.66. The van der Waals surface area contributed by atoms with Crippen molar-refractivity contribution in [3.05, 3.63) is 0 Å². The minimum absolute atomic E-state index is 0.112. The topological polar surface area (TPSA) is 34.1 Å². The first-order valence-electron chi connectivity index (χ1n) is 7.25. The highest BCUT2D eigenvalue weighted by atomic mass is 16.1. The maximum Gasteiger partial charge on any atom is 0.143 e. The van der Waals surface area contributed by atoms with Crippen LogP contribution in [0.1, 0.15) is 64.7 Å². The van der Waals surface area contributed by atoms with Gasteiger partial charge in [0, 0.05) is 12.3 Å². The Balaban J connectivity index is 1.86. The lowest BCUT2D eigenvalue weighted by Gasteiger charge is -2.38. The van der Waals surface area contributed by atoms with Crippen LogP contribution in [0.15, 0.2) is 0 Å². The van der Waals surface area contributed by atoms with Crippen molar-refractivity contribution in [2.75, 3.05) is 0 Å². The maximum atomic E-state index is 12.0. The molecule has 0 amide bonds. The summed E-state index contributed by atoms with van der Waals surface area (Å²) in [7, 11) is 0. The van der Waals surface area contributed by atoms with Crippen LogP contribution < -0.4 is 0 Å². The molecule has 17 heavy (non-hydrogen) atoms. The van der Waals surface area contributed by atoms with Crippen molar-refractivity contribution in [3.8, 4) is 0 Å². The first kappa shape index (κ1) is 12.8. The number of ketones is 2. The van der Waals surface area contributed by atoms with Crippen molar-refractivity contribution < 1.29 is 9.59 Å². The van der Waals surface area contributed by atoms with Crippen molar-refractivity contribution in [3.63, 3.8) is 0 Å². The summed E-state index contributed by atoms with van der Waals surface area (Å²) in [5.74, 6) is 2.20. The molecule has 2 aliphatic rings. The van der Waals surface area contributed by atoms with Gasteiger partial charge in [0.05, 0.1) is 6.42 Å². The molecule has 3 unspecified atom stereocenters. The summed E-state index contributed by atoms with van der Waals surface area (Å²) >= 11 is 0. The number of hydrogen-bond donors (Lipinski definition) is 0. The Morgan fingerprint density at radius 3 is 2.41 bits per heavy atom. The van der Waals surface area contributed by atoms with E-state index in [1.165, 1.54) is 32.1 Å². The van der Waals surface area contributed by atoms with E-state index in [0.717, 1.165) is 24.7 Å². The van der Waals surface area contributed by atoms with E-state index in [1.54, 1.807) is 0 Å². The highest BCUT2D eigenvalue weighted by Crippen LogP contribution is 2.43. The summed E-state index contributed by atoms with van der Waals surface area (Å²) in [6, 6.07) is 0. The van der Waals surface area contributed by atoms with Gasteiger partial charge in [-0.05, 0) is 31.1 Å². The van der Waals surface area contributed by atoms with Crippen LogP contribution in [0.3, 0.4) is 0 Å². The molecule has 0 aromatic rings. The number of carbonyl (C=O) groups is 2. The summed E-state index contributed by atoms with van der Waals surface area (Å²) in [4.78, 5) is 23.3. The lowest BCUT2D eigenvalue weighted by molar-refractivity contribution is -0.130. The Kier molecular flexibility index (Phi) is 4.36. The molecule has 0 aromatic carbocycles. The number of Topliss-reactive ketones (excluding diaryl/α,β-unsaturated/α-hetero) is 2. The van der Waals surface area contributed by atoms with E-state index in [-0.39, 0.29) is 23.9 Å². The lowest BCUT2D eigenvalue weighted by Crippen LogP contribution is -2.31. The van der Waals surface area contributed by atoms with Crippen LogP contribution in [0.25, 0.3) is 0 Å². The standard InChI is InChI=1S/C15H24O2/c1-2-14(16)10-15(17)13-8-7-11-5-3-4-6-12(11)9-13/h11-13H,2-10H2,1H3. The molecule has 2 saturated carbocycles. The van der Waals surface area contributed by atoms with E-state index in [4.69, 9.17) is 0 Å². The first-order chi connectivity index (χ1) is 8.20. The molecule has 0 aliphatic heterocycles. The van der Waals surface area contributed by atoms with Gasteiger partial charge in [0.1, 0.15) is 11.6 Å². The largest absolute Gasteiger partial charge is 0.299 e. The molecule has 2 rings (SSSR count). The average molecular weight is 236 g/mol. The zero-order chi connectivity index (χ0) is 12.3. The molecule has 0 heterocycles. The van der Waals surface area contributed by atoms with Crippen molar-refractivity contribution in [2.45, 2.75) is 64.7 Å². The van der Waals surface area contributed by atoms with Gasteiger partial charge in [-0.3, -0.25) is 9.59 Å². The van der Waals surface area contributed by atoms with Crippen molar-refractivity contribution >= 4 is 11.6 Å². The van der Waals surface area contributed by atoms with E-state index in [0.29, 0.717) is 6.42 Å². The minimum Gasteiger partial charge on any atom is -0.299 e. The second-order valence-electron chi connectivity index (χ2n) is 5.85. The Morgan fingerprint density at radius 2 is 1.71 bits per heavy atom. The number of fused-ring (bicyclic) bond motifs is 1. The Hall–Kier alpha value is -0.660. The molecule has 0 radical (unpaired) electrons. The third-order valence-corrected chi connectivity index (χ3v) is 4.76. The number of rotatable bonds is 4. The van der Waals surface area contributed by atoms with Gasteiger partial charge in [0.25, 0.3) is 0 Å². The van der Waals surface area contributed by atoms with E-state index < -0.39 is 0 Å². The van der Waals surface area contributed by atoms with Crippen LogP contribution >= 0.6 is 0 Å². The predicted octanol–water partition coefficient (Wildman–Crippen LogP) is 3.53. The molecule has 0 spiro atoms. The molecule has 0 bridgehead atoms. The van der Waals surface area contributed by atoms with Gasteiger partial charge in [-0.15, -0.1) is 0 Å². The normalized spacial score (nSPS) is 32.9. The molecule has 2 heteroatoms. The zero-order valence-corrected chi connectivity index (χ0v) is 10.9. The fraction of sp³-hybridized carbons (Fsp3) is 0.867. The Labute approximate surface area is 104 Å². The van der Waals surface area contributed by atoms with Crippen molar-refractivity contribution in [1.29, 1.82) is 0 Å². The highest BCUT2D eigenvalue weighted by molar-refractivity contribution is 5.99. The zero-order valence-electron chi connectivity index (χ0n) is 10.9. The molecule has 0 aromatic heterocycles. The van der Waals surface area contributed by atoms with Gasteiger partial charge >= 0.3 is 0 Å². The second-order valence-corrected chi connectivity index (χ2v) is 5.85. The molecule has 2 aliphatic carbocycles. The molecule has 0 N–H and O–H groups in total. The molecule has 0 saturated heterocycles. The second kappa shape index (κ2) is 5.79. The fourth-order valence-corrected chi connectivity index (χ4v) is 3.63. The average Bonchev–Trinajstić information content (AvgIpc) is 2.38. The van der Waals surface area contributed by atoms with E-state index >= 15 is 0 Å². The highest BCUT2D eigenvalue weighted by Gasteiger charge is 2.34. The summed E-state index contributed by atoms with van der Waals surface area (Å²) < 4.78 is 0. The number of carbonyl (C=O) groups excluding carboxylic acids is 2. The Bertz CT molecular complexity index is 295. The fourth-order valence-electron chi connectivity index (χ4n) is 3.63. The van der Waals surface area contributed by atoms with Gasteiger partial charge < -0.3 is 0 Å². The SMILES string of the molecule is CCC(=O)CC(=O)C1CCC2CCCCC2C1. The van der Waals surface area contributed by atoms with E-state index in [2.05, 4.69) is 0 Å². The third-order valence-electron chi connectivity index (χ3n) is 4.76. The van der Waals surface area contributed by atoms with Crippen molar-refractivity contribution in [2.24, 2.45) is 17.8 Å². The van der Waals surface area contributed by atoms with Gasteiger partial charge in [0.2, 0.25) is 0 Å². The van der Waals surface area contributed by atoms with Crippen LogP contribution in [-0.2, 0) is 9.59 Å². The monoisotopic (exact) mass is 236 g/mol. The van der Waals surface area contributed by atoms with Gasteiger partial charge in [-0.25, -0.2) is 0 Å². The summed E-state index contributed by atoms with van der Waals surface area (Å²) in [6.07, 6.45) is 9.45. The first-order valence-corrected chi connectivity index (χ1v) is 7.25. The van der Waals surface area contributed by atoms with Crippen LogP contribution in [0, 0.1) is 17.8 Å². The molecule has 2 nitrogen and oxygen atoms in total. The predicted molar refractivity (Wildman–Crippen MR) is 67.7 cm³/mol. The third kappa shape index (κ3) is 3.17. The van der Waals surface area contributed by atoms with Gasteiger partial charge in [-0.1, -0.05) is 32.6 Å². The quantitative estimate of drug-likeness (QED) is 0.700. The summed E-state index contributed by atoms with van der Waals surface area (Å²) in [6.45, 7) is 1.84.